The lowest BCUT2D eigenvalue weighted by molar-refractivity contribution is -0.120. The molecule has 114 valence electrons. The van der Waals surface area contributed by atoms with Gasteiger partial charge in [-0.3, -0.25) is 4.79 Å². The number of carbonyl (C=O) groups excluding carboxylic acids is 1. The lowest BCUT2D eigenvalue weighted by Gasteiger charge is -2.09. The molecule has 0 unspecified atom stereocenters. The molecule has 0 aromatic heterocycles. The molecule has 0 aliphatic heterocycles. The third-order valence-corrected chi connectivity index (χ3v) is 4.13. The van der Waals surface area contributed by atoms with Gasteiger partial charge in [-0.1, -0.05) is 29.8 Å². The molecule has 2 aromatic rings. The van der Waals surface area contributed by atoms with Gasteiger partial charge in [-0.15, -0.1) is 11.8 Å². The molecule has 1 amide bonds. The molecule has 2 rings (SSSR count). The lowest BCUT2D eigenvalue weighted by Crippen LogP contribution is -2.26. The van der Waals surface area contributed by atoms with E-state index in [-0.39, 0.29) is 16.9 Å². The molecular formula is C17H18N2O2S. The van der Waals surface area contributed by atoms with Crippen molar-refractivity contribution in [2.45, 2.75) is 24.0 Å². The van der Waals surface area contributed by atoms with Crippen LogP contribution < -0.4 is 5.43 Å². The van der Waals surface area contributed by atoms with Crippen molar-refractivity contribution in [3.05, 3.63) is 59.7 Å². The Morgan fingerprint density at radius 3 is 2.59 bits per heavy atom. The van der Waals surface area contributed by atoms with Gasteiger partial charge in [-0.2, -0.15) is 5.10 Å². The topological polar surface area (TPSA) is 61.7 Å². The van der Waals surface area contributed by atoms with E-state index in [1.807, 2.05) is 38.1 Å². The van der Waals surface area contributed by atoms with Crippen molar-refractivity contribution in [3.63, 3.8) is 0 Å². The number of phenolic OH excluding ortho intramolecular Hbond substituents is 1. The van der Waals surface area contributed by atoms with Crippen LogP contribution in [0.4, 0.5) is 0 Å². The van der Waals surface area contributed by atoms with Crippen molar-refractivity contribution >= 4 is 23.9 Å². The van der Waals surface area contributed by atoms with Crippen molar-refractivity contribution in [2.24, 2.45) is 5.10 Å². The highest BCUT2D eigenvalue weighted by Gasteiger charge is 2.13. The fourth-order valence-electron chi connectivity index (χ4n) is 1.73. The van der Waals surface area contributed by atoms with Crippen LogP contribution in [0.3, 0.4) is 0 Å². The molecule has 22 heavy (non-hydrogen) atoms. The number of hydrogen-bond acceptors (Lipinski definition) is 4. The van der Waals surface area contributed by atoms with E-state index < -0.39 is 0 Å². The highest BCUT2D eigenvalue weighted by Crippen LogP contribution is 2.23. The van der Waals surface area contributed by atoms with Crippen LogP contribution >= 0.6 is 11.8 Å². The number of hydrazone groups is 1. The van der Waals surface area contributed by atoms with E-state index in [0.717, 1.165) is 4.90 Å². The Morgan fingerprint density at radius 2 is 1.91 bits per heavy atom. The van der Waals surface area contributed by atoms with Gasteiger partial charge in [0.15, 0.2) is 0 Å². The molecule has 0 bridgehead atoms. The van der Waals surface area contributed by atoms with Crippen LogP contribution in [-0.4, -0.2) is 22.5 Å². The number of aryl methyl sites for hydroxylation is 1. The number of amides is 1. The first-order valence-corrected chi connectivity index (χ1v) is 7.78. The molecule has 0 saturated heterocycles. The van der Waals surface area contributed by atoms with E-state index in [0.29, 0.717) is 5.56 Å². The van der Waals surface area contributed by atoms with Gasteiger partial charge in [0.25, 0.3) is 5.91 Å². The molecule has 0 saturated carbocycles. The molecule has 2 N–H and O–H groups in total. The Morgan fingerprint density at radius 1 is 1.23 bits per heavy atom. The maximum absolute atomic E-state index is 12.0. The number of aromatic hydroxyl groups is 1. The number of hydrogen-bond donors (Lipinski definition) is 2. The van der Waals surface area contributed by atoms with Crippen LogP contribution in [0.1, 0.15) is 18.1 Å². The SMILES string of the molecule is Cc1ccc(S[C@@H](C)C(=O)N/N=C\c2ccccc2O)cc1. The summed E-state index contributed by atoms with van der Waals surface area (Å²) in [6.45, 7) is 3.85. The van der Waals surface area contributed by atoms with E-state index in [4.69, 9.17) is 0 Å². The van der Waals surface area contributed by atoms with Gasteiger partial charge in [-0.05, 0) is 38.1 Å². The molecule has 0 radical (unpaired) electrons. The average Bonchev–Trinajstić information content (AvgIpc) is 2.51. The molecule has 0 aliphatic rings. The summed E-state index contributed by atoms with van der Waals surface area (Å²) in [6.07, 6.45) is 1.43. The van der Waals surface area contributed by atoms with Gasteiger partial charge < -0.3 is 5.11 Å². The molecule has 0 aliphatic carbocycles. The number of thioether (sulfide) groups is 1. The smallest absolute Gasteiger partial charge is 0.253 e. The van der Waals surface area contributed by atoms with Crippen molar-refractivity contribution < 1.29 is 9.90 Å². The maximum Gasteiger partial charge on any atom is 0.253 e. The second-order valence-electron chi connectivity index (χ2n) is 4.87. The van der Waals surface area contributed by atoms with E-state index in [9.17, 15) is 9.90 Å². The summed E-state index contributed by atoms with van der Waals surface area (Å²) in [5, 5.41) is 13.2. The molecular weight excluding hydrogens is 296 g/mol. The van der Waals surface area contributed by atoms with E-state index in [1.54, 1.807) is 24.3 Å². The van der Waals surface area contributed by atoms with Gasteiger partial charge in [0.05, 0.1) is 11.5 Å². The number of nitrogens with one attached hydrogen (secondary N) is 1. The summed E-state index contributed by atoms with van der Waals surface area (Å²) in [6, 6.07) is 14.8. The quantitative estimate of drug-likeness (QED) is 0.505. The Hall–Kier alpha value is -2.27. The number of para-hydroxylation sites is 1. The highest BCUT2D eigenvalue weighted by molar-refractivity contribution is 8.00. The zero-order valence-electron chi connectivity index (χ0n) is 12.5. The van der Waals surface area contributed by atoms with Crippen molar-refractivity contribution in [3.8, 4) is 5.75 Å². The van der Waals surface area contributed by atoms with Crippen molar-refractivity contribution in [2.75, 3.05) is 0 Å². The third kappa shape index (κ3) is 4.63. The minimum absolute atomic E-state index is 0.127. The highest BCUT2D eigenvalue weighted by atomic mass is 32.2. The zero-order chi connectivity index (χ0) is 15.9. The molecule has 0 spiro atoms. The standard InChI is InChI=1S/C17H18N2O2S/c1-12-7-9-15(10-8-12)22-13(2)17(21)19-18-11-14-5-3-4-6-16(14)20/h3-11,13,20H,1-2H3,(H,19,21)/b18-11-/t13-/m0/s1. The minimum Gasteiger partial charge on any atom is -0.507 e. The predicted octanol–water partition coefficient (Wildman–Crippen LogP) is 3.33. The summed E-state index contributed by atoms with van der Waals surface area (Å²) in [5.41, 5.74) is 4.23. The van der Waals surface area contributed by atoms with Crippen molar-refractivity contribution in [1.29, 1.82) is 0 Å². The normalized spacial score (nSPS) is 12.3. The first kappa shape index (κ1) is 16.1. The van der Waals surface area contributed by atoms with Crippen LogP contribution in [0.5, 0.6) is 5.75 Å². The Kier molecular flexibility index (Phi) is 5.61. The first-order chi connectivity index (χ1) is 10.6. The first-order valence-electron chi connectivity index (χ1n) is 6.90. The lowest BCUT2D eigenvalue weighted by atomic mass is 10.2. The largest absolute Gasteiger partial charge is 0.507 e. The molecule has 4 nitrogen and oxygen atoms in total. The number of benzene rings is 2. The van der Waals surface area contributed by atoms with Crippen LogP contribution in [0.2, 0.25) is 0 Å². The van der Waals surface area contributed by atoms with Gasteiger partial charge in [0.2, 0.25) is 0 Å². The average molecular weight is 314 g/mol. The van der Waals surface area contributed by atoms with Gasteiger partial charge in [-0.25, -0.2) is 5.43 Å². The zero-order valence-corrected chi connectivity index (χ0v) is 13.3. The summed E-state index contributed by atoms with van der Waals surface area (Å²) in [4.78, 5) is 13.0. The van der Waals surface area contributed by atoms with Crippen LogP contribution in [-0.2, 0) is 4.79 Å². The Balaban J connectivity index is 1.89. The van der Waals surface area contributed by atoms with Gasteiger partial charge >= 0.3 is 0 Å². The minimum atomic E-state index is -0.260. The molecule has 1 atom stereocenters. The molecule has 0 fully saturated rings. The van der Waals surface area contributed by atoms with Crippen molar-refractivity contribution in [1.82, 2.24) is 5.43 Å². The number of rotatable bonds is 5. The van der Waals surface area contributed by atoms with Crippen LogP contribution in [0, 0.1) is 6.92 Å². The third-order valence-electron chi connectivity index (χ3n) is 3.02. The molecule has 0 heterocycles. The Bertz CT molecular complexity index is 669. The summed E-state index contributed by atoms with van der Waals surface area (Å²) in [7, 11) is 0. The monoisotopic (exact) mass is 314 g/mol. The maximum atomic E-state index is 12.0. The Labute approximate surface area is 134 Å². The van der Waals surface area contributed by atoms with Gasteiger partial charge in [0.1, 0.15) is 5.75 Å². The molecule has 2 aromatic carbocycles. The fraction of sp³-hybridized carbons (Fsp3) is 0.176. The number of nitrogens with zero attached hydrogens (tertiary/aromatic N) is 1. The second kappa shape index (κ2) is 7.66. The fourth-order valence-corrected chi connectivity index (χ4v) is 2.59. The summed E-state index contributed by atoms with van der Waals surface area (Å²) >= 11 is 1.47. The van der Waals surface area contributed by atoms with E-state index >= 15 is 0 Å². The second-order valence-corrected chi connectivity index (χ2v) is 6.28. The van der Waals surface area contributed by atoms with E-state index in [1.165, 1.54) is 23.5 Å². The summed E-state index contributed by atoms with van der Waals surface area (Å²) in [5.74, 6) is -0.0557. The van der Waals surface area contributed by atoms with E-state index in [2.05, 4.69) is 10.5 Å². The molecule has 5 heteroatoms. The van der Waals surface area contributed by atoms with Crippen LogP contribution in [0.25, 0.3) is 0 Å². The predicted molar refractivity (Wildman–Crippen MR) is 90.3 cm³/mol. The number of carbonyl (C=O) groups is 1. The van der Waals surface area contributed by atoms with Gasteiger partial charge in [0, 0.05) is 10.5 Å². The summed E-state index contributed by atoms with van der Waals surface area (Å²) < 4.78 is 0. The van der Waals surface area contributed by atoms with Crippen LogP contribution in [0.15, 0.2) is 58.5 Å². The number of phenols is 1.